The molecule has 0 saturated carbocycles. The highest BCUT2D eigenvalue weighted by Crippen LogP contribution is 2.27. The molecule has 0 radical (unpaired) electrons. The number of piperazine rings is 1. The minimum atomic E-state index is -0.412. The quantitative estimate of drug-likeness (QED) is 0.678. The summed E-state index contributed by atoms with van der Waals surface area (Å²) < 4.78 is 16.9. The Morgan fingerprint density at radius 1 is 0.938 bits per heavy atom. The maximum absolute atomic E-state index is 13.1. The molecule has 0 N–H and O–H groups in total. The summed E-state index contributed by atoms with van der Waals surface area (Å²) in [6.45, 7) is 3.64. The number of rotatable bonds is 6. The van der Waals surface area contributed by atoms with Gasteiger partial charge in [0.25, 0.3) is 11.5 Å². The summed E-state index contributed by atoms with van der Waals surface area (Å²) in [4.78, 5) is 41.1. The average Bonchev–Trinajstić information content (AvgIpc) is 2.82. The number of methoxy groups -OCH3 is 3. The second-order valence-corrected chi connectivity index (χ2v) is 7.56. The van der Waals surface area contributed by atoms with Crippen molar-refractivity contribution in [1.82, 2.24) is 14.4 Å². The SMILES string of the molecule is COC(=O)N1CCN(C(=O)c2c(C)ccn(CCc3ccc(OC)c(OC)c3)c2=O)CC1. The topological polar surface area (TPSA) is 90.3 Å². The molecule has 1 saturated heterocycles. The molecule has 2 aromatic rings. The third-order valence-electron chi connectivity index (χ3n) is 5.68. The number of aromatic nitrogens is 1. The molecule has 0 unspecified atom stereocenters. The van der Waals surface area contributed by atoms with Crippen LogP contribution in [0.3, 0.4) is 0 Å². The molecule has 9 nitrogen and oxygen atoms in total. The standard InChI is InChI=1S/C23H29N3O6/c1-16-7-9-24(10-8-17-5-6-18(30-2)19(15-17)31-3)21(27)20(16)22(28)25-11-13-26(14-12-25)23(29)32-4/h5-7,9,15H,8,10-14H2,1-4H3. The lowest BCUT2D eigenvalue weighted by atomic mass is 10.1. The van der Waals surface area contributed by atoms with E-state index in [-0.39, 0.29) is 17.0 Å². The summed E-state index contributed by atoms with van der Waals surface area (Å²) in [6.07, 6.45) is 1.89. The van der Waals surface area contributed by atoms with Crippen molar-refractivity contribution in [3.05, 3.63) is 57.5 Å². The monoisotopic (exact) mass is 443 g/mol. The summed E-state index contributed by atoms with van der Waals surface area (Å²) in [5.41, 5.74) is 1.48. The lowest BCUT2D eigenvalue weighted by Crippen LogP contribution is -2.51. The molecule has 1 aromatic heterocycles. The summed E-state index contributed by atoms with van der Waals surface area (Å²) >= 11 is 0. The third kappa shape index (κ3) is 4.87. The minimum absolute atomic E-state index is 0.173. The molecule has 3 rings (SSSR count). The van der Waals surface area contributed by atoms with Crippen LogP contribution in [0.25, 0.3) is 0 Å². The van der Waals surface area contributed by atoms with Crippen molar-refractivity contribution in [2.75, 3.05) is 47.5 Å². The summed E-state index contributed by atoms with van der Waals surface area (Å²) in [6, 6.07) is 7.42. The minimum Gasteiger partial charge on any atom is -0.493 e. The van der Waals surface area contributed by atoms with Crippen LogP contribution in [-0.2, 0) is 17.7 Å². The average molecular weight is 444 g/mol. The maximum Gasteiger partial charge on any atom is 0.409 e. The number of hydrogen-bond acceptors (Lipinski definition) is 6. The molecular weight excluding hydrogens is 414 g/mol. The summed E-state index contributed by atoms with van der Waals surface area (Å²) in [5.74, 6) is 0.963. The molecule has 0 spiro atoms. The second kappa shape index (κ2) is 10.2. The first kappa shape index (κ1) is 23.2. The number of amides is 2. The Morgan fingerprint density at radius 2 is 1.59 bits per heavy atom. The fourth-order valence-electron chi connectivity index (χ4n) is 3.77. The van der Waals surface area contributed by atoms with Gasteiger partial charge in [-0.15, -0.1) is 0 Å². The van der Waals surface area contributed by atoms with Crippen LogP contribution < -0.4 is 15.0 Å². The highest BCUT2D eigenvalue weighted by molar-refractivity contribution is 5.95. The van der Waals surface area contributed by atoms with Crippen LogP contribution in [0.5, 0.6) is 11.5 Å². The Morgan fingerprint density at radius 3 is 2.22 bits per heavy atom. The summed E-state index contributed by atoms with van der Waals surface area (Å²) in [7, 11) is 4.49. The van der Waals surface area contributed by atoms with Crippen molar-refractivity contribution in [3.8, 4) is 11.5 Å². The van der Waals surface area contributed by atoms with Crippen molar-refractivity contribution < 1.29 is 23.8 Å². The van der Waals surface area contributed by atoms with Gasteiger partial charge in [-0.25, -0.2) is 4.79 Å². The third-order valence-corrected chi connectivity index (χ3v) is 5.68. The number of ether oxygens (including phenoxy) is 3. The molecule has 1 fully saturated rings. The molecule has 2 heterocycles. The van der Waals surface area contributed by atoms with Gasteiger partial charge in [0, 0.05) is 38.9 Å². The normalized spacial score (nSPS) is 13.6. The fourth-order valence-corrected chi connectivity index (χ4v) is 3.77. The van der Waals surface area contributed by atoms with Gasteiger partial charge in [0.15, 0.2) is 11.5 Å². The van der Waals surface area contributed by atoms with Gasteiger partial charge in [-0.3, -0.25) is 9.59 Å². The predicted molar refractivity (Wildman–Crippen MR) is 119 cm³/mol. The molecule has 0 aliphatic carbocycles. The molecular formula is C23H29N3O6. The predicted octanol–water partition coefficient (Wildman–Crippen LogP) is 1.94. The van der Waals surface area contributed by atoms with Gasteiger partial charge < -0.3 is 28.6 Å². The van der Waals surface area contributed by atoms with Gasteiger partial charge in [-0.2, -0.15) is 0 Å². The van der Waals surface area contributed by atoms with E-state index in [1.54, 1.807) is 47.8 Å². The second-order valence-electron chi connectivity index (χ2n) is 7.56. The number of carbonyl (C=O) groups is 2. The zero-order valence-electron chi connectivity index (χ0n) is 18.9. The zero-order chi connectivity index (χ0) is 23.3. The Kier molecular flexibility index (Phi) is 7.40. The Bertz CT molecular complexity index is 1040. The number of pyridine rings is 1. The van der Waals surface area contributed by atoms with Crippen LogP contribution in [0, 0.1) is 6.92 Å². The number of benzene rings is 1. The van der Waals surface area contributed by atoms with E-state index in [4.69, 9.17) is 14.2 Å². The van der Waals surface area contributed by atoms with Crippen molar-refractivity contribution in [2.24, 2.45) is 0 Å². The first-order valence-electron chi connectivity index (χ1n) is 10.4. The van der Waals surface area contributed by atoms with Crippen LogP contribution in [0.15, 0.2) is 35.3 Å². The molecule has 1 aliphatic heterocycles. The van der Waals surface area contributed by atoms with E-state index in [2.05, 4.69) is 0 Å². The fraction of sp³-hybridized carbons (Fsp3) is 0.435. The van der Waals surface area contributed by atoms with Gasteiger partial charge in [-0.1, -0.05) is 6.07 Å². The lowest BCUT2D eigenvalue weighted by molar-refractivity contribution is 0.0597. The van der Waals surface area contributed by atoms with Gasteiger partial charge in [0.05, 0.1) is 21.3 Å². The van der Waals surface area contributed by atoms with Gasteiger partial charge >= 0.3 is 6.09 Å². The first-order chi connectivity index (χ1) is 15.4. The van der Waals surface area contributed by atoms with E-state index < -0.39 is 6.09 Å². The van der Waals surface area contributed by atoms with E-state index in [1.807, 2.05) is 18.2 Å². The first-order valence-corrected chi connectivity index (χ1v) is 10.4. The van der Waals surface area contributed by atoms with Crippen molar-refractivity contribution >= 4 is 12.0 Å². The van der Waals surface area contributed by atoms with Crippen molar-refractivity contribution in [3.63, 3.8) is 0 Å². The Balaban J connectivity index is 1.74. The van der Waals surface area contributed by atoms with Crippen molar-refractivity contribution in [2.45, 2.75) is 19.9 Å². The molecule has 2 amide bonds. The van der Waals surface area contributed by atoms with Gasteiger partial charge in [0.1, 0.15) is 5.56 Å². The Hall–Kier alpha value is -3.49. The summed E-state index contributed by atoms with van der Waals surface area (Å²) in [5, 5.41) is 0. The highest BCUT2D eigenvalue weighted by Gasteiger charge is 2.27. The van der Waals surface area contributed by atoms with E-state index in [1.165, 1.54) is 7.11 Å². The maximum atomic E-state index is 13.1. The lowest BCUT2D eigenvalue weighted by Gasteiger charge is -2.34. The van der Waals surface area contributed by atoms with E-state index >= 15 is 0 Å². The molecule has 32 heavy (non-hydrogen) atoms. The Labute approximate surface area is 187 Å². The van der Waals surface area contributed by atoms with E-state index in [0.717, 1.165) is 5.56 Å². The van der Waals surface area contributed by atoms with Crippen LogP contribution in [0.4, 0.5) is 4.79 Å². The zero-order valence-corrected chi connectivity index (χ0v) is 18.9. The van der Waals surface area contributed by atoms with Crippen LogP contribution in [-0.4, -0.2) is 73.9 Å². The molecule has 0 atom stereocenters. The molecule has 0 bridgehead atoms. The number of carbonyl (C=O) groups excluding carboxylic acids is 2. The molecule has 172 valence electrons. The van der Waals surface area contributed by atoms with Gasteiger partial charge in [-0.05, 0) is 42.7 Å². The number of aryl methyl sites for hydroxylation is 3. The molecule has 9 heteroatoms. The van der Waals surface area contributed by atoms with E-state index in [9.17, 15) is 14.4 Å². The highest BCUT2D eigenvalue weighted by atomic mass is 16.5. The van der Waals surface area contributed by atoms with E-state index in [0.29, 0.717) is 56.2 Å². The smallest absolute Gasteiger partial charge is 0.409 e. The van der Waals surface area contributed by atoms with Crippen molar-refractivity contribution in [1.29, 1.82) is 0 Å². The van der Waals surface area contributed by atoms with Crippen LogP contribution in [0.2, 0.25) is 0 Å². The van der Waals surface area contributed by atoms with Crippen LogP contribution in [0.1, 0.15) is 21.5 Å². The number of nitrogens with zero attached hydrogens (tertiary/aromatic N) is 3. The van der Waals surface area contributed by atoms with Crippen LogP contribution >= 0.6 is 0 Å². The van der Waals surface area contributed by atoms with Gasteiger partial charge in [0.2, 0.25) is 0 Å². The molecule has 1 aromatic carbocycles. The largest absolute Gasteiger partial charge is 0.493 e. The number of hydrogen-bond donors (Lipinski definition) is 0. The molecule has 1 aliphatic rings.